The van der Waals surface area contributed by atoms with Gasteiger partial charge in [-0.25, -0.2) is 0 Å². The fourth-order valence-electron chi connectivity index (χ4n) is 2.14. The van der Waals surface area contributed by atoms with Gasteiger partial charge in [0.1, 0.15) is 0 Å². The van der Waals surface area contributed by atoms with Crippen molar-refractivity contribution in [3.05, 3.63) is 48.0 Å². The van der Waals surface area contributed by atoms with Crippen LogP contribution >= 0.6 is 0 Å². The molecule has 0 saturated heterocycles. The van der Waals surface area contributed by atoms with E-state index >= 15 is 0 Å². The van der Waals surface area contributed by atoms with Gasteiger partial charge in [0, 0.05) is 0 Å². The summed E-state index contributed by atoms with van der Waals surface area (Å²) in [6.07, 6.45) is 8.06. The number of aryl methyl sites for hydroxylation is 1. The van der Waals surface area contributed by atoms with Crippen molar-refractivity contribution in [3.63, 3.8) is 0 Å². The molecule has 0 heterocycles. The minimum Gasteiger partial charge on any atom is -0.388 e. The summed E-state index contributed by atoms with van der Waals surface area (Å²) in [6.45, 7) is 5.85. The summed E-state index contributed by atoms with van der Waals surface area (Å²) in [4.78, 5) is 0. The van der Waals surface area contributed by atoms with Crippen molar-refractivity contribution in [2.24, 2.45) is 0 Å². The van der Waals surface area contributed by atoms with Crippen LogP contribution in [0, 0.1) is 0 Å². The monoisotopic (exact) mass is 232 g/mol. The van der Waals surface area contributed by atoms with Crippen molar-refractivity contribution in [1.29, 1.82) is 0 Å². The molecule has 0 amide bonds. The largest absolute Gasteiger partial charge is 0.388 e. The first-order chi connectivity index (χ1) is 8.29. The molecule has 1 N–H and O–H groups in total. The molecule has 94 valence electrons. The lowest BCUT2D eigenvalue weighted by Crippen LogP contribution is -2.01. The second-order valence-corrected chi connectivity index (χ2v) is 4.49. The summed E-state index contributed by atoms with van der Waals surface area (Å²) in [5.41, 5.74) is 2.38. The average molecular weight is 232 g/mol. The van der Waals surface area contributed by atoms with Gasteiger partial charge in [-0.05, 0) is 36.8 Å². The van der Waals surface area contributed by atoms with Crippen LogP contribution in [0.15, 0.2) is 36.9 Å². The summed E-state index contributed by atoms with van der Waals surface area (Å²) in [5.74, 6) is 0. The van der Waals surface area contributed by atoms with E-state index in [0.29, 0.717) is 0 Å². The third-order valence-electron chi connectivity index (χ3n) is 3.18. The lowest BCUT2D eigenvalue weighted by atomic mass is 9.97. The van der Waals surface area contributed by atoms with Gasteiger partial charge in [-0.15, -0.1) is 6.58 Å². The van der Waals surface area contributed by atoms with Crippen LogP contribution < -0.4 is 0 Å². The standard InChI is InChI=1S/C16H24O/c1-3-5-6-7-8-13-16(17)15-12-10-9-11-14(15)4-2/h3,9-12,16-17H,1,4-8,13H2,2H3. The molecule has 0 radical (unpaired) electrons. The van der Waals surface area contributed by atoms with Crippen molar-refractivity contribution in [1.82, 2.24) is 0 Å². The van der Waals surface area contributed by atoms with E-state index in [1.165, 1.54) is 18.4 Å². The molecule has 1 aromatic rings. The minimum absolute atomic E-state index is 0.296. The second kappa shape index (κ2) is 8.08. The quantitative estimate of drug-likeness (QED) is 0.519. The third-order valence-corrected chi connectivity index (χ3v) is 3.18. The Labute approximate surface area is 105 Å². The Kier molecular flexibility index (Phi) is 6.64. The summed E-state index contributed by atoms with van der Waals surface area (Å²) >= 11 is 0. The lowest BCUT2D eigenvalue weighted by Gasteiger charge is -2.14. The van der Waals surface area contributed by atoms with Crippen LogP contribution in [0.3, 0.4) is 0 Å². The summed E-state index contributed by atoms with van der Waals surface area (Å²) in [7, 11) is 0. The van der Waals surface area contributed by atoms with E-state index in [4.69, 9.17) is 0 Å². The molecule has 1 aromatic carbocycles. The highest BCUT2D eigenvalue weighted by Gasteiger charge is 2.10. The molecule has 1 atom stereocenters. The number of hydrogen-bond donors (Lipinski definition) is 1. The van der Waals surface area contributed by atoms with Crippen molar-refractivity contribution in [2.45, 2.75) is 51.6 Å². The molecule has 0 aliphatic rings. The Bertz CT molecular complexity index is 330. The Morgan fingerprint density at radius 1 is 1.24 bits per heavy atom. The van der Waals surface area contributed by atoms with Crippen LogP contribution in [0.5, 0.6) is 0 Å². The van der Waals surface area contributed by atoms with Gasteiger partial charge < -0.3 is 5.11 Å². The Morgan fingerprint density at radius 2 is 2.00 bits per heavy atom. The Morgan fingerprint density at radius 3 is 2.71 bits per heavy atom. The third kappa shape index (κ3) is 4.74. The number of unbranched alkanes of at least 4 members (excludes halogenated alkanes) is 3. The van der Waals surface area contributed by atoms with E-state index in [9.17, 15) is 5.11 Å². The molecule has 1 rings (SSSR count). The maximum atomic E-state index is 10.2. The van der Waals surface area contributed by atoms with E-state index < -0.39 is 0 Å². The fraction of sp³-hybridized carbons (Fsp3) is 0.500. The van der Waals surface area contributed by atoms with Gasteiger partial charge in [0.25, 0.3) is 0 Å². The molecule has 0 fully saturated rings. The predicted octanol–water partition coefficient (Wildman–Crippen LogP) is 4.42. The number of allylic oxidation sites excluding steroid dienone is 1. The van der Waals surface area contributed by atoms with Gasteiger partial charge in [-0.3, -0.25) is 0 Å². The summed E-state index contributed by atoms with van der Waals surface area (Å²) < 4.78 is 0. The maximum absolute atomic E-state index is 10.2. The Balaban J connectivity index is 2.40. The number of aliphatic hydroxyl groups excluding tert-OH is 1. The van der Waals surface area contributed by atoms with E-state index in [2.05, 4.69) is 19.6 Å². The zero-order chi connectivity index (χ0) is 12.5. The van der Waals surface area contributed by atoms with Gasteiger partial charge in [-0.2, -0.15) is 0 Å². The minimum atomic E-state index is -0.296. The molecule has 0 aliphatic carbocycles. The molecule has 1 nitrogen and oxygen atoms in total. The number of hydrogen-bond acceptors (Lipinski definition) is 1. The molecule has 0 bridgehead atoms. The van der Waals surface area contributed by atoms with Gasteiger partial charge in [0.05, 0.1) is 6.10 Å². The van der Waals surface area contributed by atoms with E-state index in [-0.39, 0.29) is 6.10 Å². The van der Waals surface area contributed by atoms with E-state index in [1.54, 1.807) is 0 Å². The van der Waals surface area contributed by atoms with Crippen LogP contribution in [0.1, 0.15) is 56.3 Å². The first-order valence-electron chi connectivity index (χ1n) is 6.66. The average Bonchev–Trinajstić information content (AvgIpc) is 2.38. The smallest absolute Gasteiger partial charge is 0.0792 e. The van der Waals surface area contributed by atoms with Crippen LogP contribution in [0.25, 0.3) is 0 Å². The molecule has 0 aliphatic heterocycles. The van der Waals surface area contributed by atoms with Gasteiger partial charge in [0.2, 0.25) is 0 Å². The molecule has 0 spiro atoms. The zero-order valence-electron chi connectivity index (χ0n) is 10.9. The molecule has 0 aromatic heterocycles. The molecular weight excluding hydrogens is 208 g/mol. The normalized spacial score (nSPS) is 12.4. The van der Waals surface area contributed by atoms with E-state index in [1.807, 2.05) is 24.3 Å². The van der Waals surface area contributed by atoms with Crippen molar-refractivity contribution >= 4 is 0 Å². The zero-order valence-corrected chi connectivity index (χ0v) is 10.9. The van der Waals surface area contributed by atoms with Crippen LogP contribution in [-0.4, -0.2) is 5.11 Å². The Hall–Kier alpha value is -1.08. The number of benzene rings is 1. The molecule has 0 saturated carbocycles. The molecular formula is C16H24O. The van der Waals surface area contributed by atoms with Crippen LogP contribution in [0.2, 0.25) is 0 Å². The van der Waals surface area contributed by atoms with Crippen LogP contribution in [0.4, 0.5) is 0 Å². The van der Waals surface area contributed by atoms with Gasteiger partial charge >= 0.3 is 0 Å². The topological polar surface area (TPSA) is 20.2 Å². The first-order valence-corrected chi connectivity index (χ1v) is 6.66. The van der Waals surface area contributed by atoms with Crippen molar-refractivity contribution in [3.8, 4) is 0 Å². The van der Waals surface area contributed by atoms with Gasteiger partial charge in [0.15, 0.2) is 0 Å². The lowest BCUT2D eigenvalue weighted by molar-refractivity contribution is 0.162. The van der Waals surface area contributed by atoms with E-state index in [0.717, 1.165) is 31.2 Å². The molecule has 1 heteroatoms. The highest BCUT2D eigenvalue weighted by molar-refractivity contribution is 5.28. The second-order valence-electron chi connectivity index (χ2n) is 4.49. The molecule has 1 unspecified atom stereocenters. The van der Waals surface area contributed by atoms with Crippen molar-refractivity contribution < 1.29 is 5.11 Å². The SMILES string of the molecule is C=CCCCCCC(O)c1ccccc1CC. The maximum Gasteiger partial charge on any atom is 0.0792 e. The highest BCUT2D eigenvalue weighted by atomic mass is 16.3. The van der Waals surface area contributed by atoms with Crippen molar-refractivity contribution in [2.75, 3.05) is 0 Å². The number of rotatable bonds is 8. The highest BCUT2D eigenvalue weighted by Crippen LogP contribution is 2.23. The predicted molar refractivity (Wildman–Crippen MR) is 74.1 cm³/mol. The number of aliphatic hydroxyl groups is 1. The summed E-state index contributed by atoms with van der Waals surface area (Å²) in [6, 6.07) is 8.21. The molecule has 17 heavy (non-hydrogen) atoms. The van der Waals surface area contributed by atoms with Crippen LogP contribution in [-0.2, 0) is 6.42 Å². The fourth-order valence-corrected chi connectivity index (χ4v) is 2.14. The summed E-state index contributed by atoms with van der Waals surface area (Å²) in [5, 5.41) is 10.2. The first kappa shape index (κ1) is 14.0. The van der Waals surface area contributed by atoms with Gasteiger partial charge in [-0.1, -0.05) is 50.1 Å².